The maximum absolute atomic E-state index is 11.3. The van der Waals surface area contributed by atoms with Crippen molar-refractivity contribution in [2.45, 2.75) is 6.42 Å². The lowest BCUT2D eigenvalue weighted by molar-refractivity contribution is -0.127. The maximum atomic E-state index is 11.3. The fourth-order valence-electron chi connectivity index (χ4n) is 1.47. The highest BCUT2D eigenvalue weighted by Gasteiger charge is 2.27. The fourth-order valence-corrected chi connectivity index (χ4v) is 1.71. The van der Waals surface area contributed by atoms with Crippen LogP contribution in [0.25, 0.3) is 10.4 Å². The molecule has 1 unspecified atom stereocenters. The summed E-state index contributed by atoms with van der Waals surface area (Å²) < 4.78 is 0. The van der Waals surface area contributed by atoms with E-state index < -0.39 is 0 Å². The Labute approximate surface area is 82.1 Å². The van der Waals surface area contributed by atoms with Gasteiger partial charge in [-0.05, 0) is 11.4 Å². The van der Waals surface area contributed by atoms with Gasteiger partial charge in [-0.1, -0.05) is 5.11 Å². The van der Waals surface area contributed by atoms with Crippen LogP contribution >= 0.6 is 12.6 Å². The molecule has 0 saturated carbocycles. The van der Waals surface area contributed by atoms with Crippen LogP contribution in [0, 0.1) is 5.92 Å². The van der Waals surface area contributed by atoms with Gasteiger partial charge in [0.1, 0.15) is 0 Å². The standard InChI is InChI=1S/C7H12N4OS/c8-10-9-4-6-3-7(12)11(5-6)1-2-13/h6,13H,1-5H2. The molecule has 1 amide bonds. The largest absolute Gasteiger partial charge is 0.342 e. The second-order valence-corrected chi connectivity index (χ2v) is 3.49. The van der Waals surface area contributed by atoms with Crippen molar-refractivity contribution < 1.29 is 4.79 Å². The van der Waals surface area contributed by atoms with Crippen LogP contribution in [0.3, 0.4) is 0 Å². The van der Waals surface area contributed by atoms with E-state index >= 15 is 0 Å². The number of azide groups is 1. The third kappa shape index (κ3) is 2.82. The van der Waals surface area contributed by atoms with Gasteiger partial charge in [0.15, 0.2) is 0 Å². The fraction of sp³-hybridized carbons (Fsp3) is 0.857. The lowest BCUT2D eigenvalue weighted by atomic mass is 10.1. The molecule has 1 rings (SSSR count). The number of carbonyl (C=O) groups excluding carboxylic acids is 1. The van der Waals surface area contributed by atoms with Crippen LogP contribution in [0.5, 0.6) is 0 Å². The molecular formula is C7H12N4OS. The minimum Gasteiger partial charge on any atom is -0.342 e. The summed E-state index contributed by atoms with van der Waals surface area (Å²) in [5.41, 5.74) is 8.11. The third-order valence-electron chi connectivity index (χ3n) is 2.07. The predicted octanol–water partition coefficient (Wildman–Crippen LogP) is 1.07. The molecule has 0 aromatic rings. The number of carbonyl (C=O) groups is 1. The minimum atomic E-state index is 0.146. The summed E-state index contributed by atoms with van der Waals surface area (Å²) in [5, 5.41) is 3.47. The van der Waals surface area contributed by atoms with Gasteiger partial charge in [0, 0.05) is 36.7 Å². The molecule has 0 bridgehead atoms. The van der Waals surface area contributed by atoms with Crippen molar-refractivity contribution in [2.24, 2.45) is 11.0 Å². The van der Waals surface area contributed by atoms with Crippen LogP contribution in [0.2, 0.25) is 0 Å². The molecular weight excluding hydrogens is 188 g/mol. The van der Waals surface area contributed by atoms with Crippen molar-refractivity contribution in [1.82, 2.24) is 4.90 Å². The summed E-state index contributed by atoms with van der Waals surface area (Å²) in [7, 11) is 0. The molecule has 6 heteroatoms. The van der Waals surface area contributed by atoms with Crippen molar-refractivity contribution in [3.05, 3.63) is 10.4 Å². The van der Waals surface area contributed by atoms with Crippen LogP contribution < -0.4 is 0 Å². The number of rotatable bonds is 4. The van der Waals surface area contributed by atoms with E-state index in [2.05, 4.69) is 22.7 Å². The van der Waals surface area contributed by atoms with Gasteiger partial charge in [0.05, 0.1) is 0 Å². The predicted molar refractivity (Wildman–Crippen MR) is 52.6 cm³/mol. The van der Waals surface area contributed by atoms with E-state index in [1.807, 2.05) is 0 Å². The van der Waals surface area contributed by atoms with Crippen molar-refractivity contribution in [3.63, 3.8) is 0 Å². The van der Waals surface area contributed by atoms with Crippen molar-refractivity contribution in [3.8, 4) is 0 Å². The summed E-state index contributed by atoms with van der Waals surface area (Å²) in [6.07, 6.45) is 0.507. The van der Waals surface area contributed by atoms with E-state index in [0.717, 1.165) is 0 Å². The van der Waals surface area contributed by atoms with E-state index in [4.69, 9.17) is 5.53 Å². The van der Waals surface area contributed by atoms with Crippen LogP contribution in [-0.2, 0) is 4.79 Å². The Morgan fingerprint density at radius 1 is 1.77 bits per heavy atom. The Bertz CT molecular complexity index is 239. The summed E-state index contributed by atoms with van der Waals surface area (Å²) in [4.78, 5) is 15.7. The molecule has 0 aromatic carbocycles. The zero-order valence-corrected chi connectivity index (χ0v) is 8.15. The van der Waals surface area contributed by atoms with Crippen LogP contribution in [0.4, 0.5) is 0 Å². The van der Waals surface area contributed by atoms with Crippen molar-refractivity contribution in [1.29, 1.82) is 0 Å². The van der Waals surface area contributed by atoms with Gasteiger partial charge in [-0.15, -0.1) is 0 Å². The number of hydrogen-bond donors (Lipinski definition) is 1. The monoisotopic (exact) mass is 200 g/mol. The van der Waals surface area contributed by atoms with Gasteiger partial charge >= 0.3 is 0 Å². The number of likely N-dealkylation sites (tertiary alicyclic amines) is 1. The molecule has 5 nitrogen and oxygen atoms in total. The third-order valence-corrected chi connectivity index (χ3v) is 2.27. The molecule has 72 valence electrons. The second-order valence-electron chi connectivity index (χ2n) is 3.05. The van der Waals surface area contributed by atoms with Gasteiger partial charge in [-0.3, -0.25) is 4.79 Å². The first kappa shape index (κ1) is 10.2. The average molecular weight is 200 g/mol. The Morgan fingerprint density at radius 3 is 3.15 bits per heavy atom. The summed E-state index contributed by atoms with van der Waals surface area (Å²) in [5.74, 6) is 1.02. The molecule has 0 aliphatic carbocycles. The molecule has 1 heterocycles. The first-order valence-corrected chi connectivity index (χ1v) is 4.80. The average Bonchev–Trinajstić information content (AvgIpc) is 2.45. The Hall–Kier alpha value is -0.870. The van der Waals surface area contributed by atoms with E-state index in [1.54, 1.807) is 4.90 Å². The lowest BCUT2D eigenvalue weighted by Gasteiger charge is -2.13. The van der Waals surface area contributed by atoms with E-state index in [1.165, 1.54) is 0 Å². The smallest absolute Gasteiger partial charge is 0.222 e. The first-order valence-electron chi connectivity index (χ1n) is 4.17. The molecule has 1 fully saturated rings. The molecule has 1 atom stereocenters. The highest BCUT2D eigenvalue weighted by molar-refractivity contribution is 7.80. The van der Waals surface area contributed by atoms with Gasteiger partial charge in [-0.2, -0.15) is 12.6 Å². The van der Waals surface area contributed by atoms with Gasteiger partial charge in [0.25, 0.3) is 0 Å². The highest BCUT2D eigenvalue weighted by Crippen LogP contribution is 2.17. The molecule has 0 radical (unpaired) electrons. The quantitative estimate of drug-likeness (QED) is 0.313. The van der Waals surface area contributed by atoms with E-state index in [9.17, 15) is 4.79 Å². The summed E-state index contributed by atoms with van der Waals surface area (Å²) in [6.45, 7) is 1.82. The zero-order valence-electron chi connectivity index (χ0n) is 7.26. The highest BCUT2D eigenvalue weighted by atomic mass is 32.1. The van der Waals surface area contributed by atoms with Gasteiger partial charge < -0.3 is 4.90 Å². The molecule has 1 aliphatic rings. The molecule has 0 N–H and O–H groups in total. The lowest BCUT2D eigenvalue weighted by Crippen LogP contribution is -2.27. The van der Waals surface area contributed by atoms with Crippen molar-refractivity contribution in [2.75, 3.05) is 25.4 Å². The molecule has 0 spiro atoms. The van der Waals surface area contributed by atoms with E-state index in [-0.39, 0.29) is 11.8 Å². The number of amides is 1. The molecule has 13 heavy (non-hydrogen) atoms. The summed E-state index contributed by atoms with van der Waals surface area (Å²) in [6, 6.07) is 0. The normalized spacial score (nSPS) is 21.8. The Morgan fingerprint density at radius 2 is 2.54 bits per heavy atom. The van der Waals surface area contributed by atoms with Gasteiger partial charge in [-0.25, -0.2) is 0 Å². The van der Waals surface area contributed by atoms with Crippen LogP contribution in [0.1, 0.15) is 6.42 Å². The zero-order chi connectivity index (χ0) is 9.68. The Kier molecular flexibility index (Phi) is 3.92. The van der Waals surface area contributed by atoms with Crippen molar-refractivity contribution >= 4 is 18.5 Å². The minimum absolute atomic E-state index is 0.146. The second kappa shape index (κ2) is 4.99. The first-order chi connectivity index (χ1) is 6.27. The SMILES string of the molecule is [N-]=[N+]=NCC1CC(=O)N(CCS)C1. The number of nitrogens with zero attached hydrogens (tertiary/aromatic N) is 4. The molecule has 1 saturated heterocycles. The Balaban J connectivity index is 2.40. The topological polar surface area (TPSA) is 69.1 Å². The number of thiol groups is 1. The summed E-state index contributed by atoms with van der Waals surface area (Å²) >= 11 is 4.06. The number of hydrogen-bond acceptors (Lipinski definition) is 3. The van der Waals surface area contributed by atoms with Crippen LogP contribution in [-0.4, -0.2) is 36.2 Å². The molecule has 0 aromatic heterocycles. The maximum Gasteiger partial charge on any atom is 0.222 e. The van der Waals surface area contributed by atoms with Gasteiger partial charge in [0.2, 0.25) is 5.91 Å². The van der Waals surface area contributed by atoms with E-state index in [0.29, 0.717) is 31.8 Å². The van der Waals surface area contributed by atoms with Crippen LogP contribution in [0.15, 0.2) is 5.11 Å². The molecule has 1 aliphatic heterocycles.